The first-order valence-corrected chi connectivity index (χ1v) is 8.67. The van der Waals surface area contributed by atoms with Crippen molar-refractivity contribution >= 4 is 28.8 Å². The molecule has 4 amide bonds. The number of rotatable bonds is 3. The number of hydrogen-bond donors (Lipinski definition) is 2. The van der Waals surface area contributed by atoms with Gasteiger partial charge in [0.15, 0.2) is 5.54 Å². The number of nitrogens with one attached hydrogen (secondary N) is 2. The number of amides is 4. The van der Waals surface area contributed by atoms with E-state index in [9.17, 15) is 18.8 Å². The van der Waals surface area contributed by atoms with Crippen molar-refractivity contribution in [3.8, 4) is 0 Å². The largest absolute Gasteiger partial charge is 0.458 e. The highest BCUT2D eigenvalue weighted by Crippen LogP contribution is 2.34. The number of carbonyl (C=O) groups excluding carboxylic acids is 3. The van der Waals surface area contributed by atoms with Gasteiger partial charge >= 0.3 is 6.03 Å². The summed E-state index contributed by atoms with van der Waals surface area (Å²) < 4.78 is 19.4. The molecule has 0 aliphatic carbocycles. The molecule has 1 aromatic heterocycles. The van der Waals surface area contributed by atoms with Crippen LogP contribution in [-0.2, 0) is 16.9 Å². The van der Waals surface area contributed by atoms with Crippen molar-refractivity contribution in [3.05, 3.63) is 71.2 Å². The van der Waals surface area contributed by atoms with Crippen LogP contribution in [0.15, 0.2) is 52.9 Å². The van der Waals surface area contributed by atoms with Crippen LogP contribution in [0.5, 0.6) is 0 Å². The summed E-state index contributed by atoms with van der Waals surface area (Å²) in [4.78, 5) is 38.9. The van der Waals surface area contributed by atoms with Crippen molar-refractivity contribution in [1.82, 2.24) is 15.5 Å². The third kappa shape index (κ3) is 2.31. The molecular formula is C20H14FN3O4. The van der Waals surface area contributed by atoms with Crippen LogP contribution >= 0.6 is 0 Å². The molecule has 140 valence electrons. The third-order valence-electron chi connectivity index (χ3n) is 5.17. The van der Waals surface area contributed by atoms with E-state index in [1.165, 1.54) is 17.0 Å². The molecule has 8 heteroatoms. The van der Waals surface area contributed by atoms with Gasteiger partial charge in [0.25, 0.3) is 11.8 Å². The van der Waals surface area contributed by atoms with Crippen molar-refractivity contribution in [2.45, 2.75) is 12.1 Å². The Morgan fingerprint density at radius 1 is 1.11 bits per heavy atom. The first-order valence-electron chi connectivity index (χ1n) is 8.67. The molecule has 28 heavy (non-hydrogen) atoms. The van der Waals surface area contributed by atoms with E-state index in [0.717, 1.165) is 5.39 Å². The second-order valence-electron chi connectivity index (χ2n) is 6.92. The number of benzene rings is 2. The SMILES string of the molecule is O=C1NC(=O)[C@@](CN2Cc3ccc(F)cc3C2=O)(c2cc3ccccc3o2)N1. The molecule has 0 bridgehead atoms. The molecule has 1 saturated heterocycles. The zero-order chi connectivity index (χ0) is 19.5. The molecule has 7 nitrogen and oxygen atoms in total. The normalized spacial score (nSPS) is 21.2. The summed E-state index contributed by atoms with van der Waals surface area (Å²) in [5.74, 6) is -1.29. The standard InChI is InChI=1S/C20H14FN3O4/c21-13-6-5-12-9-24(17(25)14(12)8-13)10-20(18(26)22-19(27)23-20)16-7-11-3-1-2-4-15(11)28-16/h1-8H,9-10H2,(H2,22,23,26,27)/t20-/m1/s1. The summed E-state index contributed by atoms with van der Waals surface area (Å²) in [6.07, 6.45) is 0. The van der Waals surface area contributed by atoms with Gasteiger partial charge in [0.1, 0.15) is 17.2 Å². The quantitative estimate of drug-likeness (QED) is 0.683. The van der Waals surface area contributed by atoms with Crippen molar-refractivity contribution in [2.75, 3.05) is 6.54 Å². The zero-order valence-corrected chi connectivity index (χ0v) is 14.5. The van der Waals surface area contributed by atoms with Gasteiger partial charge in [0.2, 0.25) is 0 Å². The highest BCUT2D eigenvalue weighted by molar-refractivity contribution is 6.08. The number of halogens is 1. The lowest BCUT2D eigenvalue weighted by Crippen LogP contribution is -2.52. The van der Waals surface area contributed by atoms with E-state index in [1.807, 2.05) is 12.1 Å². The third-order valence-corrected chi connectivity index (χ3v) is 5.17. The number of imide groups is 1. The van der Waals surface area contributed by atoms with Crippen molar-refractivity contribution < 1.29 is 23.2 Å². The maximum atomic E-state index is 13.5. The summed E-state index contributed by atoms with van der Waals surface area (Å²) in [6.45, 7) is 0.0686. The summed E-state index contributed by atoms with van der Waals surface area (Å²) in [5, 5.41) is 5.61. The lowest BCUT2D eigenvalue weighted by molar-refractivity contribution is -0.125. The maximum absolute atomic E-state index is 13.5. The molecule has 0 saturated carbocycles. The number of para-hydroxylation sites is 1. The predicted molar refractivity (Wildman–Crippen MR) is 95.7 cm³/mol. The number of fused-ring (bicyclic) bond motifs is 2. The lowest BCUT2D eigenvalue weighted by Gasteiger charge is -2.29. The van der Waals surface area contributed by atoms with E-state index < -0.39 is 29.2 Å². The summed E-state index contributed by atoms with van der Waals surface area (Å²) in [6, 6.07) is 12.2. The van der Waals surface area contributed by atoms with Gasteiger partial charge in [-0.3, -0.25) is 14.9 Å². The number of furan rings is 1. The Labute approximate surface area is 158 Å². The molecule has 2 aromatic carbocycles. The van der Waals surface area contributed by atoms with E-state index in [0.29, 0.717) is 11.1 Å². The van der Waals surface area contributed by atoms with E-state index in [1.54, 1.807) is 24.3 Å². The van der Waals surface area contributed by atoms with E-state index in [-0.39, 0.29) is 24.4 Å². The molecule has 0 spiro atoms. The van der Waals surface area contributed by atoms with Crippen LogP contribution in [0.1, 0.15) is 21.7 Å². The van der Waals surface area contributed by atoms with Gasteiger partial charge in [-0.15, -0.1) is 0 Å². The number of carbonyl (C=O) groups is 3. The molecule has 2 aliphatic rings. The highest BCUT2D eigenvalue weighted by Gasteiger charge is 2.52. The molecule has 1 atom stereocenters. The molecule has 5 rings (SSSR count). The number of hydrogen-bond acceptors (Lipinski definition) is 4. The van der Waals surface area contributed by atoms with E-state index in [2.05, 4.69) is 10.6 Å². The molecule has 2 aliphatic heterocycles. The van der Waals surface area contributed by atoms with Crippen LogP contribution in [0.2, 0.25) is 0 Å². The number of nitrogens with zero attached hydrogens (tertiary/aromatic N) is 1. The second-order valence-corrected chi connectivity index (χ2v) is 6.92. The fraction of sp³-hybridized carbons (Fsp3) is 0.150. The fourth-order valence-electron chi connectivity index (χ4n) is 3.79. The Hall–Kier alpha value is -3.68. The fourth-order valence-corrected chi connectivity index (χ4v) is 3.79. The Bertz CT molecular complexity index is 1140. The Kier molecular flexibility index (Phi) is 3.33. The van der Waals surface area contributed by atoms with Gasteiger partial charge in [-0.1, -0.05) is 24.3 Å². The monoisotopic (exact) mass is 379 g/mol. The maximum Gasteiger partial charge on any atom is 0.322 e. The highest BCUT2D eigenvalue weighted by atomic mass is 19.1. The zero-order valence-electron chi connectivity index (χ0n) is 14.5. The van der Waals surface area contributed by atoms with E-state index in [4.69, 9.17) is 4.42 Å². The van der Waals surface area contributed by atoms with Crippen molar-refractivity contribution in [3.63, 3.8) is 0 Å². The minimum atomic E-state index is -1.56. The number of urea groups is 1. The van der Waals surface area contributed by atoms with Gasteiger partial charge in [0, 0.05) is 17.5 Å². The topological polar surface area (TPSA) is 91.7 Å². The van der Waals surface area contributed by atoms with Gasteiger partial charge in [-0.25, -0.2) is 9.18 Å². The summed E-state index contributed by atoms with van der Waals surface area (Å²) in [5.41, 5.74) is -0.0869. The van der Waals surface area contributed by atoms with Gasteiger partial charge in [-0.05, 0) is 29.8 Å². The lowest BCUT2D eigenvalue weighted by atomic mass is 9.95. The molecule has 1 fully saturated rings. The molecule has 0 unspecified atom stereocenters. The molecule has 3 aromatic rings. The van der Waals surface area contributed by atoms with Crippen LogP contribution in [-0.4, -0.2) is 29.3 Å². The molecular weight excluding hydrogens is 365 g/mol. The smallest absolute Gasteiger partial charge is 0.322 e. The Morgan fingerprint density at radius 2 is 1.93 bits per heavy atom. The van der Waals surface area contributed by atoms with Crippen molar-refractivity contribution in [1.29, 1.82) is 0 Å². The van der Waals surface area contributed by atoms with Crippen LogP contribution < -0.4 is 10.6 Å². The molecule has 3 heterocycles. The average molecular weight is 379 g/mol. The summed E-state index contributed by atoms with van der Waals surface area (Å²) >= 11 is 0. The van der Waals surface area contributed by atoms with Crippen LogP contribution in [0.3, 0.4) is 0 Å². The van der Waals surface area contributed by atoms with E-state index >= 15 is 0 Å². The Balaban J connectivity index is 1.56. The van der Waals surface area contributed by atoms with Crippen molar-refractivity contribution in [2.24, 2.45) is 0 Å². The summed E-state index contributed by atoms with van der Waals surface area (Å²) in [7, 11) is 0. The first kappa shape index (κ1) is 16.5. The van der Waals surface area contributed by atoms with Crippen LogP contribution in [0, 0.1) is 5.82 Å². The second kappa shape index (κ2) is 5.66. The van der Waals surface area contributed by atoms with Crippen LogP contribution in [0.25, 0.3) is 11.0 Å². The average Bonchev–Trinajstić information content (AvgIpc) is 3.31. The molecule has 0 radical (unpaired) electrons. The molecule has 2 N–H and O–H groups in total. The first-order chi connectivity index (χ1) is 13.5. The predicted octanol–water partition coefficient (Wildman–Crippen LogP) is 2.26. The minimum absolute atomic E-state index is 0.139. The Morgan fingerprint density at radius 3 is 2.68 bits per heavy atom. The minimum Gasteiger partial charge on any atom is -0.458 e. The van der Waals surface area contributed by atoms with Gasteiger partial charge in [-0.2, -0.15) is 0 Å². The van der Waals surface area contributed by atoms with Gasteiger partial charge in [0.05, 0.1) is 6.54 Å². The van der Waals surface area contributed by atoms with Crippen LogP contribution in [0.4, 0.5) is 9.18 Å². The van der Waals surface area contributed by atoms with Gasteiger partial charge < -0.3 is 14.6 Å².